The molecule has 0 amide bonds. The van der Waals surface area contributed by atoms with E-state index in [4.69, 9.17) is 23.7 Å². The third-order valence-corrected chi connectivity index (χ3v) is 12.5. The molecule has 9 rings (SSSR count). The summed E-state index contributed by atoms with van der Waals surface area (Å²) in [5.74, 6) is 1.27. The van der Waals surface area contributed by atoms with Gasteiger partial charge in [-0.2, -0.15) is 5.26 Å². The Morgan fingerprint density at radius 3 is 2.61 bits per heavy atom. The number of rotatable bonds is 5. The van der Waals surface area contributed by atoms with Gasteiger partial charge in [0.25, 0.3) is 0 Å². The molecule has 3 aromatic rings. The first-order valence-corrected chi connectivity index (χ1v) is 18.2. The van der Waals surface area contributed by atoms with Crippen LogP contribution in [0, 0.1) is 25.2 Å². The average molecular weight is 713 g/mol. The van der Waals surface area contributed by atoms with Crippen molar-refractivity contribution in [3.8, 4) is 34.8 Å². The van der Waals surface area contributed by atoms with Gasteiger partial charge in [0.1, 0.15) is 24.4 Å². The van der Waals surface area contributed by atoms with Crippen LogP contribution in [0.2, 0.25) is 0 Å². The molecule has 0 aliphatic carbocycles. The Balaban J connectivity index is 1.36. The molecule has 0 aromatic heterocycles. The number of nitriles is 1. The molecule has 7 atom stereocenters. The van der Waals surface area contributed by atoms with Crippen molar-refractivity contribution in [1.29, 1.82) is 5.26 Å². The maximum Gasteiger partial charge on any atom is 0.324 e. The molecule has 6 aliphatic rings. The lowest BCUT2D eigenvalue weighted by Gasteiger charge is -2.61. The van der Waals surface area contributed by atoms with Crippen LogP contribution in [0.4, 0.5) is 0 Å². The van der Waals surface area contributed by atoms with Gasteiger partial charge >= 0.3 is 11.9 Å². The van der Waals surface area contributed by atoms with E-state index in [2.05, 4.69) is 27.3 Å². The Morgan fingerprint density at radius 1 is 1.12 bits per heavy atom. The summed E-state index contributed by atoms with van der Waals surface area (Å²) >= 11 is 1.54. The number of likely N-dealkylation sites (N-methyl/N-ethyl adjacent to an activating group) is 1. The topological polar surface area (TPSA) is 143 Å². The molecule has 0 radical (unpaired) electrons. The Labute approximate surface area is 300 Å². The Bertz CT molecular complexity index is 1970. The van der Waals surface area contributed by atoms with Gasteiger partial charge in [-0.25, -0.2) is 0 Å². The van der Waals surface area contributed by atoms with Crippen molar-refractivity contribution in [2.45, 2.75) is 75.2 Å². The quantitative estimate of drug-likeness (QED) is 0.286. The normalized spacial score (nSPS) is 27.8. The second-order valence-corrected chi connectivity index (χ2v) is 15.0. The van der Waals surface area contributed by atoms with Crippen LogP contribution in [-0.4, -0.2) is 84.3 Å². The fraction of sp³-hybridized carbons (Fsp3) is 0.447. The van der Waals surface area contributed by atoms with E-state index < -0.39 is 47.4 Å². The Hall–Kier alpha value is -4.48. The van der Waals surface area contributed by atoms with Gasteiger partial charge in [0.2, 0.25) is 6.79 Å². The first-order chi connectivity index (χ1) is 24.6. The van der Waals surface area contributed by atoms with E-state index in [1.54, 1.807) is 7.11 Å². The van der Waals surface area contributed by atoms with Crippen LogP contribution in [0.15, 0.2) is 36.4 Å². The molecule has 266 valence electrons. The highest BCUT2D eigenvalue weighted by molar-refractivity contribution is 7.99. The fourth-order valence-electron chi connectivity index (χ4n) is 8.95. The minimum absolute atomic E-state index is 0.0264. The second-order valence-electron chi connectivity index (χ2n) is 13.8. The number of hydrogen-bond acceptors (Lipinski definition) is 13. The maximum absolute atomic E-state index is 13.8. The predicted molar refractivity (Wildman–Crippen MR) is 187 cm³/mol. The summed E-state index contributed by atoms with van der Waals surface area (Å²) in [6, 6.07) is 11.5. The highest BCUT2D eigenvalue weighted by atomic mass is 32.2. The lowest BCUT2D eigenvalue weighted by Crippen LogP contribution is -2.69. The number of thioether (sulfide) groups is 1. The summed E-state index contributed by atoms with van der Waals surface area (Å²) in [5.41, 5.74) is 5.62. The molecule has 4 bridgehead atoms. The molecule has 2 N–H and O–H groups in total. The summed E-state index contributed by atoms with van der Waals surface area (Å²) < 4.78 is 30.1. The van der Waals surface area contributed by atoms with Crippen LogP contribution in [0.25, 0.3) is 0 Å². The van der Waals surface area contributed by atoms with Crippen LogP contribution in [0.1, 0.15) is 63.2 Å². The third kappa shape index (κ3) is 5.22. The van der Waals surface area contributed by atoms with Crippen LogP contribution in [0.3, 0.4) is 0 Å². The smallest absolute Gasteiger partial charge is 0.324 e. The standard InChI is InChI=1S/C38H40N4O8S/c1-18-11-22-12-24-25(13-39)42-26-15-47-38(45)23(40-14-21-9-7-6-8-10-21)16-51-37(31(42)30(41(24)4)27(22)32(44)33(18)46-5)29-28(26)36-35(48-17-49-36)19(2)34(29)50-20(3)43/h6-11,23-26,30-31,37,40,44H,12,14-17H2,1-5H3/t23-,24+,25+,26+,30-,31?,37-/m1/s1. The van der Waals surface area contributed by atoms with E-state index in [9.17, 15) is 20.0 Å². The fourth-order valence-corrected chi connectivity index (χ4v) is 10.5. The number of aromatic hydroxyl groups is 1. The van der Waals surface area contributed by atoms with E-state index in [1.807, 2.05) is 51.2 Å². The number of phenolic OH excluding ortho intramolecular Hbond substituents is 1. The third-order valence-electron chi connectivity index (χ3n) is 11.1. The summed E-state index contributed by atoms with van der Waals surface area (Å²) in [4.78, 5) is 31.0. The zero-order valence-electron chi connectivity index (χ0n) is 29.1. The molecule has 2 saturated heterocycles. The predicted octanol–water partition coefficient (Wildman–Crippen LogP) is 4.39. The first-order valence-electron chi connectivity index (χ1n) is 17.1. The molecular formula is C38H40N4O8S. The lowest BCUT2D eigenvalue weighted by molar-refractivity contribution is -0.151. The lowest BCUT2D eigenvalue weighted by atomic mass is 9.71. The number of carbonyl (C=O) groups excluding carboxylic acids is 2. The number of carbonyl (C=O) groups is 2. The van der Waals surface area contributed by atoms with Gasteiger partial charge in [-0.05, 0) is 44.0 Å². The van der Waals surface area contributed by atoms with Crippen molar-refractivity contribution < 1.29 is 38.4 Å². The Morgan fingerprint density at radius 2 is 1.88 bits per heavy atom. The van der Waals surface area contributed by atoms with Crippen LogP contribution in [-0.2, 0) is 27.3 Å². The number of ether oxygens (including phenoxy) is 5. The number of nitrogens with one attached hydrogen (secondary N) is 1. The summed E-state index contributed by atoms with van der Waals surface area (Å²) in [5, 5.41) is 25.9. The SMILES string of the molecule is COc1c(C)cc2c(c1O)[C@@H]1C3[C@@H]4SC[C@@H](NCc5ccccc5)C(=O)OC[C@@H](c5c6c(c(C)c(OC(C)=O)c54)OCO6)N3[C@@H](C#N)[C@H](C2)N1C. The van der Waals surface area contributed by atoms with Crippen LogP contribution < -0.4 is 24.3 Å². The first kappa shape index (κ1) is 33.7. The largest absolute Gasteiger partial charge is 0.504 e. The molecule has 51 heavy (non-hydrogen) atoms. The van der Waals surface area contributed by atoms with Gasteiger partial charge in [0.05, 0.1) is 30.5 Å². The van der Waals surface area contributed by atoms with Gasteiger partial charge in [0.15, 0.2) is 23.0 Å². The molecule has 12 nitrogen and oxygen atoms in total. The maximum atomic E-state index is 13.8. The van der Waals surface area contributed by atoms with E-state index >= 15 is 0 Å². The zero-order chi connectivity index (χ0) is 35.7. The van der Waals surface area contributed by atoms with Gasteiger partial charge in [-0.1, -0.05) is 36.4 Å². The number of esters is 2. The van der Waals surface area contributed by atoms with Gasteiger partial charge < -0.3 is 28.8 Å². The van der Waals surface area contributed by atoms with Crippen LogP contribution >= 0.6 is 11.8 Å². The molecule has 3 aromatic carbocycles. The zero-order valence-corrected chi connectivity index (χ0v) is 29.9. The molecule has 6 aliphatic heterocycles. The number of phenols is 1. The average Bonchev–Trinajstić information content (AvgIpc) is 3.60. The Kier molecular flexibility index (Phi) is 8.53. The molecule has 13 heteroatoms. The number of nitrogens with zero attached hydrogens (tertiary/aromatic N) is 3. The molecule has 1 unspecified atom stereocenters. The number of benzene rings is 3. The molecular weight excluding hydrogens is 673 g/mol. The van der Waals surface area contributed by atoms with Crippen molar-refractivity contribution >= 4 is 23.7 Å². The minimum Gasteiger partial charge on any atom is -0.504 e. The van der Waals surface area contributed by atoms with E-state index in [0.717, 1.165) is 27.8 Å². The van der Waals surface area contributed by atoms with E-state index in [1.165, 1.54) is 18.7 Å². The van der Waals surface area contributed by atoms with Gasteiger partial charge in [0, 0.05) is 53.6 Å². The van der Waals surface area contributed by atoms with Crippen molar-refractivity contribution in [3.63, 3.8) is 0 Å². The summed E-state index contributed by atoms with van der Waals surface area (Å²) in [6.45, 7) is 5.48. The number of methoxy groups -OCH3 is 1. The van der Waals surface area contributed by atoms with Gasteiger partial charge in [-0.15, -0.1) is 11.8 Å². The minimum atomic E-state index is -0.664. The second kappa shape index (κ2) is 12.9. The number of hydrogen-bond donors (Lipinski definition) is 2. The van der Waals surface area contributed by atoms with Crippen molar-refractivity contribution in [2.24, 2.45) is 0 Å². The number of piperazine rings is 1. The molecule has 0 spiro atoms. The van der Waals surface area contributed by atoms with Gasteiger partial charge in [-0.3, -0.25) is 24.7 Å². The van der Waals surface area contributed by atoms with Crippen molar-refractivity contribution in [1.82, 2.24) is 15.1 Å². The molecule has 2 fully saturated rings. The monoisotopic (exact) mass is 712 g/mol. The highest BCUT2D eigenvalue weighted by Crippen LogP contribution is 2.64. The van der Waals surface area contributed by atoms with E-state index in [0.29, 0.717) is 52.8 Å². The van der Waals surface area contributed by atoms with E-state index in [-0.39, 0.29) is 25.2 Å². The molecule has 6 heterocycles. The summed E-state index contributed by atoms with van der Waals surface area (Å²) in [7, 11) is 3.56. The van der Waals surface area contributed by atoms with Crippen molar-refractivity contribution in [3.05, 3.63) is 75.3 Å². The number of aryl methyl sites for hydroxylation is 1. The van der Waals surface area contributed by atoms with Crippen molar-refractivity contribution in [2.75, 3.05) is 33.3 Å². The van der Waals surface area contributed by atoms with Crippen LogP contribution in [0.5, 0.6) is 28.7 Å². The highest BCUT2D eigenvalue weighted by Gasteiger charge is 2.60. The summed E-state index contributed by atoms with van der Waals surface area (Å²) in [6.07, 6.45) is 0.523. The number of fused-ring (bicyclic) bond motifs is 10. The molecule has 0 saturated carbocycles.